The van der Waals surface area contributed by atoms with E-state index in [9.17, 15) is 0 Å². The normalized spacial score (nSPS) is 14.0. The van der Waals surface area contributed by atoms with Crippen LogP contribution in [0.5, 0.6) is 0 Å². The Hall–Kier alpha value is -1.74. The highest BCUT2D eigenvalue weighted by Crippen LogP contribution is 2.21. The summed E-state index contributed by atoms with van der Waals surface area (Å²) in [5.74, 6) is 0.529. The molecular formula is C20H30O3. The van der Waals surface area contributed by atoms with Crippen molar-refractivity contribution in [3.05, 3.63) is 47.9 Å². The number of rotatable bonds is 9. The molecule has 0 amide bonds. The molecule has 23 heavy (non-hydrogen) atoms. The van der Waals surface area contributed by atoms with E-state index in [-0.39, 0.29) is 6.10 Å². The minimum atomic E-state index is 0.0456. The molecule has 0 radical (unpaired) electrons. The van der Waals surface area contributed by atoms with Gasteiger partial charge in [-0.05, 0) is 55.0 Å². The predicted octanol–water partition coefficient (Wildman–Crippen LogP) is 5.13. The van der Waals surface area contributed by atoms with E-state index in [1.54, 1.807) is 13.4 Å². The van der Waals surface area contributed by atoms with Gasteiger partial charge in [-0.1, -0.05) is 32.0 Å². The lowest BCUT2D eigenvalue weighted by atomic mass is 10.0. The minimum absolute atomic E-state index is 0.0456. The van der Waals surface area contributed by atoms with Crippen LogP contribution in [0.1, 0.15) is 45.7 Å². The molecular weight excluding hydrogens is 288 g/mol. The van der Waals surface area contributed by atoms with Crippen LogP contribution in [0.2, 0.25) is 0 Å². The van der Waals surface area contributed by atoms with Crippen molar-refractivity contribution in [3.8, 4) is 0 Å². The number of ether oxygens (including phenoxy) is 3. The van der Waals surface area contributed by atoms with E-state index in [1.807, 2.05) is 20.1 Å². The van der Waals surface area contributed by atoms with Crippen molar-refractivity contribution >= 4 is 11.1 Å². The number of allylic oxidation sites excluding steroid dienone is 2. The summed E-state index contributed by atoms with van der Waals surface area (Å²) < 4.78 is 16.3. The maximum absolute atomic E-state index is 5.66. The zero-order valence-corrected chi connectivity index (χ0v) is 15.3. The third kappa shape index (κ3) is 7.38. The smallest absolute Gasteiger partial charge is 0.118 e. The van der Waals surface area contributed by atoms with E-state index >= 15 is 0 Å². The molecule has 1 atom stereocenters. The van der Waals surface area contributed by atoms with E-state index in [1.165, 1.54) is 0 Å². The molecule has 1 aromatic rings. The lowest BCUT2D eigenvalue weighted by Gasteiger charge is -2.12. The molecule has 1 aromatic carbocycles. The maximum atomic E-state index is 5.66. The Labute approximate surface area is 141 Å². The summed E-state index contributed by atoms with van der Waals surface area (Å²) in [6.07, 6.45) is 3.69. The summed E-state index contributed by atoms with van der Waals surface area (Å²) in [7, 11) is 1.68. The molecule has 0 aliphatic heterocycles. The van der Waals surface area contributed by atoms with Crippen LogP contribution >= 0.6 is 0 Å². The van der Waals surface area contributed by atoms with E-state index in [4.69, 9.17) is 14.2 Å². The van der Waals surface area contributed by atoms with Crippen LogP contribution < -0.4 is 0 Å². The second-order valence-corrected chi connectivity index (χ2v) is 6.31. The highest BCUT2D eigenvalue weighted by molar-refractivity contribution is 5.70. The second-order valence-electron chi connectivity index (χ2n) is 6.31. The molecule has 0 spiro atoms. The van der Waals surface area contributed by atoms with Crippen molar-refractivity contribution in [2.75, 3.05) is 20.3 Å². The zero-order chi connectivity index (χ0) is 17.2. The molecule has 0 saturated carbocycles. The third-order valence-electron chi connectivity index (χ3n) is 3.34. The molecule has 1 unspecified atom stereocenters. The molecule has 0 saturated heterocycles. The Bertz CT molecular complexity index is 529. The lowest BCUT2D eigenvalue weighted by Crippen LogP contribution is -2.11. The monoisotopic (exact) mass is 318 g/mol. The highest BCUT2D eigenvalue weighted by Gasteiger charge is 2.03. The van der Waals surface area contributed by atoms with E-state index in [0.29, 0.717) is 12.5 Å². The molecule has 0 fully saturated rings. The summed E-state index contributed by atoms with van der Waals surface area (Å²) in [6.45, 7) is 11.7. The first kappa shape index (κ1) is 19.3. The van der Waals surface area contributed by atoms with Gasteiger partial charge in [0.1, 0.15) is 6.10 Å². The highest BCUT2D eigenvalue weighted by atomic mass is 16.5. The first-order chi connectivity index (χ1) is 10.9. The van der Waals surface area contributed by atoms with Crippen LogP contribution in [0.25, 0.3) is 11.1 Å². The van der Waals surface area contributed by atoms with Gasteiger partial charge in [0.25, 0.3) is 0 Å². The van der Waals surface area contributed by atoms with Gasteiger partial charge in [-0.25, -0.2) is 0 Å². The molecule has 0 bridgehead atoms. The summed E-state index contributed by atoms with van der Waals surface area (Å²) in [5.41, 5.74) is 4.51. The van der Waals surface area contributed by atoms with Gasteiger partial charge in [0.05, 0.1) is 25.7 Å². The topological polar surface area (TPSA) is 27.7 Å². The van der Waals surface area contributed by atoms with Crippen LogP contribution in [-0.4, -0.2) is 26.4 Å². The standard InChI is InChI=1S/C20H30O3/c1-15(2)11-22-12-16(3)19-8-7-9-20(10-19)17(4)13-23-18(5)14-21-6/h7-10,12-13,15,18H,11,14H2,1-6H3. The Kier molecular flexibility index (Phi) is 8.49. The summed E-state index contributed by atoms with van der Waals surface area (Å²) in [4.78, 5) is 0. The maximum Gasteiger partial charge on any atom is 0.118 e. The Balaban J connectivity index is 2.77. The number of benzene rings is 1. The van der Waals surface area contributed by atoms with Crippen molar-refractivity contribution in [2.45, 2.75) is 40.7 Å². The van der Waals surface area contributed by atoms with Crippen LogP contribution in [-0.2, 0) is 14.2 Å². The van der Waals surface area contributed by atoms with E-state index < -0.39 is 0 Å². The van der Waals surface area contributed by atoms with Gasteiger partial charge in [-0.3, -0.25) is 0 Å². The largest absolute Gasteiger partial charge is 0.501 e. The summed E-state index contributed by atoms with van der Waals surface area (Å²) in [6, 6.07) is 8.39. The Morgan fingerprint density at radius 2 is 1.61 bits per heavy atom. The molecule has 0 aliphatic rings. The molecule has 0 aromatic heterocycles. The first-order valence-electron chi connectivity index (χ1n) is 8.14. The Morgan fingerprint density at radius 1 is 1.00 bits per heavy atom. The fourth-order valence-electron chi connectivity index (χ4n) is 2.00. The van der Waals surface area contributed by atoms with Gasteiger partial charge >= 0.3 is 0 Å². The van der Waals surface area contributed by atoms with Crippen molar-refractivity contribution < 1.29 is 14.2 Å². The molecule has 3 heteroatoms. The molecule has 0 N–H and O–H groups in total. The van der Waals surface area contributed by atoms with E-state index in [2.05, 4.69) is 45.0 Å². The van der Waals surface area contributed by atoms with Gasteiger partial charge < -0.3 is 14.2 Å². The van der Waals surface area contributed by atoms with Crippen LogP contribution in [0, 0.1) is 5.92 Å². The van der Waals surface area contributed by atoms with Gasteiger partial charge in [0, 0.05) is 7.11 Å². The number of methoxy groups -OCH3 is 1. The predicted molar refractivity (Wildman–Crippen MR) is 97.0 cm³/mol. The SMILES string of the molecule is COCC(C)OC=C(C)c1cccc(C(C)=COCC(C)C)c1. The summed E-state index contributed by atoms with van der Waals surface area (Å²) >= 11 is 0. The molecule has 128 valence electrons. The number of hydrogen-bond acceptors (Lipinski definition) is 3. The second kappa shape index (κ2) is 10.1. The average molecular weight is 318 g/mol. The minimum Gasteiger partial charge on any atom is -0.501 e. The molecule has 3 nitrogen and oxygen atoms in total. The van der Waals surface area contributed by atoms with Gasteiger partial charge in [-0.15, -0.1) is 0 Å². The molecule has 0 heterocycles. The lowest BCUT2D eigenvalue weighted by molar-refractivity contribution is 0.0638. The average Bonchev–Trinajstić information content (AvgIpc) is 2.52. The fraction of sp³-hybridized carbons (Fsp3) is 0.500. The first-order valence-corrected chi connectivity index (χ1v) is 8.14. The Morgan fingerprint density at radius 3 is 2.17 bits per heavy atom. The molecule has 0 aliphatic carbocycles. The fourth-order valence-corrected chi connectivity index (χ4v) is 2.00. The van der Waals surface area contributed by atoms with Crippen molar-refractivity contribution in [1.29, 1.82) is 0 Å². The van der Waals surface area contributed by atoms with Crippen LogP contribution in [0.15, 0.2) is 36.8 Å². The van der Waals surface area contributed by atoms with Crippen molar-refractivity contribution in [3.63, 3.8) is 0 Å². The molecule has 1 rings (SSSR count). The van der Waals surface area contributed by atoms with Gasteiger partial charge in [0.2, 0.25) is 0 Å². The summed E-state index contributed by atoms with van der Waals surface area (Å²) in [5, 5.41) is 0. The van der Waals surface area contributed by atoms with Crippen LogP contribution in [0.3, 0.4) is 0 Å². The van der Waals surface area contributed by atoms with Gasteiger partial charge in [-0.2, -0.15) is 0 Å². The van der Waals surface area contributed by atoms with Crippen molar-refractivity contribution in [2.24, 2.45) is 5.92 Å². The van der Waals surface area contributed by atoms with E-state index in [0.717, 1.165) is 28.9 Å². The third-order valence-corrected chi connectivity index (χ3v) is 3.34. The zero-order valence-electron chi connectivity index (χ0n) is 15.3. The number of hydrogen-bond donors (Lipinski definition) is 0. The van der Waals surface area contributed by atoms with Crippen molar-refractivity contribution in [1.82, 2.24) is 0 Å². The van der Waals surface area contributed by atoms with Gasteiger partial charge in [0.15, 0.2) is 0 Å². The van der Waals surface area contributed by atoms with Crippen LogP contribution in [0.4, 0.5) is 0 Å². The quantitative estimate of drug-likeness (QED) is 0.591.